The molecule has 9 nitrogen and oxygen atoms in total. The number of amides is 2. The molecule has 2 aromatic heterocycles. The van der Waals surface area contributed by atoms with Crippen molar-refractivity contribution in [2.45, 2.75) is 95.9 Å². The fourth-order valence-corrected chi connectivity index (χ4v) is 8.01. The van der Waals surface area contributed by atoms with Crippen LogP contribution in [0, 0.1) is 5.92 Å². The molecule has 3 aliphatic carbocycles. The summed E-state index contributed by atoms with van der Waals surface area (Å²) in [6.45, 7) is 5.71. The molecule has 0 unspecified atom stereocenters. The Morgan fingerprint density at radius 2 is 1.87 bits per heavy atom. The number of carbonyl (C=O) groups excluding carboxylic acids is 2. The highest BCUT2D eigenvalue weighted by Crippen LogP contribution is 2.38. The third-order valence-electron chi connectivity index (χ3n) is 10.6. The predicted molar refractivity (Wildman–Crippen MR) is 181 cm³/mol. The van der Waals surface area contributed by atoms with Gasteiger partial charge in [-0.2, -0.15) is 0 Å². The van der Waals surface area contributed by atoms with Gasteiger partial charge in [-0.25, -0.2) is 9.78 Å². The fraction of sp³-hybridized carbons (Fsp3) is 0.568. The van der Waals surface area contributed by atoms with Crippen molar-refractivity contribution in [3.05, 3.63) is 82.2 Å². The Hall–Kier alpha value is -3.43. The van der Waals surface area contributed by atoms with Gasteiger partial charge >= 0.3 is 6.09 Å². The van der Waals surface area contributed by atoms with Crippen LogP contribution in [-0.4, -0.2) is 86.1 Å². The van der Waals surface area contributed by atoms with Crippen molar-refractivity contribution >= 4 is 23.6 Å². The van der Waals surface area contributed by atoms with Crippen LogP contribution in [0.5, 0.6) is 0 Å². The van der Waals surface area contributed by atoms with Gasteiger partial charge in [0, 0.05) is 68.8 Å². The van der Waals surface area contributed by atoms with Gasteiger partial charge in [-0.05, 0) is 99.1 Å². The maximum Gasteiger partial charge on any atom is 0.410 e. The molecule has 1 saturated heterocycles. The van der Waals surface area contributed by atoms with Gasteiger partial charge in [0.25, 0.3) is 0 Å². The molecule has 0 bridgehead atoms. The summed E-state index contributed by atoms with van der Waals surface area (Å²) in [6, 6.07) is 9.55. The fourth-order valence-electron chi connectivity index (χ4n) is 7.82. The van der Waals surface area contributed by atoms with Gasteiger partial charge in [-0.3, -0.25) is 19.6 Å². The zero-order chi connectivity index (χ0) is 32.3. The average molecular weight is 659 g/mol. The van der Waals surface area contributed by atoms with E-state index in [-0.39, 0.29) is 24.1 Å². The number of ether oxygens (including phenoxy) is 1. The molecule has 2 saturated carbocycles. The average Bonchev–Trinajstić information content (AvgIpc) is 3.83. The number of aromatic nitrogens is 3. The summed E-state index contributed by atoms with van der Waals surface area (Å²) in [5, 5.41) is 0.727. The molecule has 3 aromatic rings. The molecule has 10 heteroatoms. The topological polar surface area (TPSA) is 83.8 Å². The number of halogens is 1. The molecule has 2 atom stereocenters. The van der Waals surface area contributed by atoms with Crippen LogP contribution in [0.3, 0.4) is 0 Å². The monoisotopic (exact) mass is 658 g/mol. The Labute approximate surface area is 283 Å². The Morgan fingerprint density at radius 3 is 2.68 bits per heavy atom. The van der Waals surface area contributed by atoms with Crippen LogP contribution in [0.4, 0.5) is 4.79 Å². The van der Waals surface area contributed by atoms with Crippen LogP contribution in [0.1, 0.15) is 86.0 Å². The molecular weight excluding hydrogens is 612 g/mol. The maximum absolute atomic E-state index is 14.8. The van der Waals surface area contributed by atoms with E-state index in [9.17, 15) is 9.59 Å². The Kier molecular flexibility index (Phi) is 9.82. The third kappa shape index (κ3) is 7.21. The van der Waals surface area contributed by atoms with E-state index < -0.39 is 6.04 Å². The van der Waals surface area contributed by atoms with E-state index in [0.717, 1.165) is 87.3 Å². The summed E-state index contributed by atoms with van der Waals surface area (Å²) in [5.74, 6) is 0.530. The number of piperazine rings is 1. The molecule has 1 aliphatic heterocycles. The highest BCUT2D eigenvalue weighted by molar-refractivity contribution is 6.30. The first-order chi connectivity index (χ1) is 23.0. The Balaban J connectivity index is 1.20. The highest BCUT2D eigenvalue weighted by Gasteiger charge is 2.43. The number of pyridine rings is 1. The molecule has 47 heavy (non-hydrogen) atoms. The quantitative estimate of drug-likeness (QED) is 0.277. The molecule has 250 valence electrons. The van der Waals surface area contributed by atoms with Gasteiger partial charge in [0.2, 0.25) is 5.91 Å². The first-order valence-electron chi connectivity index (χ1n) is 17.7. The van der Waals surface area contributed by atoms with Gasteiger partial charge in [-0.1, -0.05) is 30.2 Å². The zero-order valence-electron chi connectivity index (χ0n) is 27.5. The molecule has 1 aromatic carbocycles. The lowest BCUT2D eigenvalue weighted by Gasteiger charge is -2.45. The van der Waals surface area contributed by atoms with Gasteiger partial charge in [0.05, 0.1) is 18.1 Å². The van der Waals surface area contributed by atoms with E-state index in [0.29, 0.717) is 32.1 Å². The standard InChI is InChI=1S/C37H47ClN6O3/c1-2-41-25-39-22-30(41)16-18-43(23-26-10-11-26)36(45)33-24-42(19-20-44(33)37(46)47-31-8-4-3-5-9-31)35-32-15-14-29(38)21-28(32)13-12-27-7-6-17-40-34(27)35/h6-7,14-15,17,21-22,25-26,31,33,35H,2-5,8-13,16,18-20,23-24H2,1H3/t33-,35-/m1/s1. The van der Waals surface area contributed by atoms with E-state index >= 15 is 0 Å². The van der Waals surface area contributed by atoms with Crippen molar-refractivity contribution in [1.82, 2.24) is 29.2 Å². The number of nitrogens with zero attached hydrogens (tertiary/aromatic N) is 6. The number of hydrogen-bond donors (Lipinski definition) is 0. The Bertz CT molecular complexity index is 1570. The SMILES string of the molecule is CCn1cncc1CCN(CC1CC1)C(=O)[C@H]1CN([C@@H]2c3ccc(Cl)cc3CCc3cccnc32)CCN1C(=O)OC1CCCCC1. The lowest BCUT2D eigenvalue weighted by molar-refractivity contribution is -0.139. The molecule has 0 spiro atoms. The first-order valence-corrected chi connectivity index (χ1v) is 18.1. The second kappa shape index (κ2) is 14.4. The molecule has 0 N–H and O–H groups in total. The van der Waals surface area contributed by atoms with E-state index in [4.69, 9.17) is 21.3 Å². The van der Waals surface area contributed by atoms with Gasteiger partial charge < -0.3 is 14.2 Å². The van der Waals surface area contributed by atoms with Crippen LogP contribution in [0.25, 0.3) is 0 Å². The summed E-state index contributed by atoms with van der Waals surface area (Å²) in [7, 11) is 0. The smallest absolute Gasteiger partial charge is 0.410 e. The van der Waals surface area contributed by atoms with Gasteiger partial charge in [0.1, 0.15) is 12.1 Å². The molecule has 7 rings (SSSR count). The second-order valence-corrected chi connectivity index (χ2v) is 14.2. The molecule has 0 radical (unpaired) electrons. The van der Waals surface area contributed by atoms with Crippen molar-refractivity contribution in [1.29, 1.82) is 0 Å². The number of fused-ring (bicyclic) bond motifs is 2. The van der Waals surface area contributed by atoms with Crippen LogP contribution in [0.15, 0.2) is 49.1 Å². The number of rotatable bonds is 9. The summed E-state index contributed by atoms with van der Waals surface area (Å²) in [5.41, 5.74) is 5.76. The largest absolute Gasteiger partial charge is 0.446 e. The van der Waals surface area contributed by atoms with Crippen LogP contribution >= 0.6 is 11.6 Å². The lowest BCUT2D eigenvalue weighted by Crippen LogP contribution is -2.62. The van der Waals surface area contributed by atoms with Crippen molar-refractivity contribution in [2.24, 2.45) is 5.92 Å². The predicted octanol–water partition coefficient (Wildman–Crippen LogP) is 6.08. The lowest BCUT2D eigenvalue weighted by atomic mass is 9.95. The van der Waals surface area contributed by atoms with Crippen LogP contribution in [0.2, 0.25) is 5.02 Å². The van der Waals surface area contributed by atoms with Crippen LogP contribution in [-0.2, 0) is 35.3 Å². The minimum absolute atomic E-state index is 0.0101. The summed E-state index contributed by atoms with van der Waals surface area (Å²) in [4.78, 5) is 44.1. The van der Waals surface area contributed by atoms with Crippen molar-refractivity contribution in [2.75, 3.05) is 32.7 Å². The van der Waals surface area contributed by atoms with E-state index in [1.807, 2.05) is 35.8 Å². The number of hydrogen-bond acceptors (Lipinski definition) is 6. The summed E-state index contributed by atoms with van der Waals surface area (Å²) in [6.07, 6.45) is 15.1. The number of imidazole rings is 1. The number of benzene rings is 1. The van der Waals surface area contributed by atoms with E-state index in [1.54, 1.807) is 4.90 Å². The molecule has 2 amide bonds. The molecule has 3 heterocycles. The van der Waals surface area contributed by atoms with Crippen molar-refractivity contribution < 1.29 is 14.3 Å². The molecule has 4 aliphatic rings. The zero-order valence-corrected chi connectivity index (χ0v) is 28.3. The van der Waals surface area contributed by atoms with Gasteiger partial charge in [0.15, 0.2) is 0 Å². The molecule has 3 fully saturated rings. The minimum Gasteiger partial charge on any atom is -0.446 e. The summed E-state index contributed by atoms with van der Waals surface area (Å²) >= 11 is 6.50. The maximum atomic E-state index is 14.8. The normalized spacial score (nSPS) is 21.9. The van der Waals surface area contributed by atoms with E-state index in [2.05, 4.69) is 39.6 Å². The number of carbonyl (C=O) groups is 2. The van der Waals surface area contributed by atoms with Gasteiger partial charge in [-0.15, -0.1) is 0 Å². The van der Waals surface area contributed by atoms with Crippen molar-refractivity contribution in [3.8, 4) is 0 Å². The first kappa shape index (κ1) is 32.1. The second-order valence-electron chi connectivity index (χ2n) is 13.8. The van der Waals surface area contributed by atoms with Crippen molar-refractivity contribution in [3.63, 3.8) is 0 Å². The third-order valence-corrected chi connectivity index (χ3v) is 10.9. The molecular formula is C37H47ClN6O3. The minimum atomic E-state index is -0.652. The highest BCUT2D eigenvalue weighted by atomic mass is 35.5. The Morgan fingerprint density at radius 1 is 1.04 bits per heavy atom. The van der Waals surface area contributed by atoms with E-state index in [1.165, 1.54) is 23.1 Å². The van der Waals surface area contributed by atoms with Crippen LogP contribution < -0.4 is 0 Å². The number of aryl methyl sites for hydroxylation is 3. The summed E-state index contributed by atoms with van der Waals surface area (Å²) < 4.78 is 8.25.